The topological polar surface area (TPSA) is 24.4 Å². The molecular formula is C2H2N2S. The molecule has 1 aliphatic heterocycles. The Bertz CT molecular complexity index is 45.6. The van der Waals surface area contributed by atoms with Crippen LogP contribution in [-0.2, 0) is 0 Å². The second-order valence-electron chi connectivity index (χ2n) is 0.571. The van der Waals surface area contributed by atoms with Gasteiger partial charge in [0.1, 0.15) is 5.88 Å². The van der Waals surface area contributed by atoms with Gasteiger partial charge in [0.25, 0.3) is 0 Å². The van der Waals surface area contributed by atoms with Crippen molar-refractivity contribution >= 4 is 18.3 Å². The highest BCUT2D eigenvalue weighted by Crippen LogP contribution is 2.04. The Morgan fingerprint density at radius 3 is 3.20 bits per heavy atom. The molecule has 0 amide bonds. The summed E-state index contributed by atoms with van der Waals surface area (Å²) in [6.07, 6.45) is 2.50. The summed E-state index contributed by atoms with van der Waals surface area (Å²) >= 11 is 1.35. The zero-order valence-electron chi connectivity index (χ0n) is 2.43. The highest BCUT2D eigenvalue weighted by Gasteiger charge is 1.86. The molecule has 3 heteroatoms. The predicted molar refractivity (Wildman–Crippen MR) is 22.5 cm³/mol. The molecule has 0 atom stereocenters. The number of rotatable bonds is 0. The molecule has 5 heavy (non-hydrogen) atoms. The van der Waals surface area contributed by atoms with Gasteiger partial charge in [0, 0.05) is 11.9 Å². The third-order valence-electron chi connectivity index (χ3n) is 0.275. The molecular weight excluding hydrogens is 84.1 g/mol. The van der Waals surface area contributed by atoms with Gasteiger partial charge < -0.3 is 5.32 Å². The second kappa shape index (κ2) is 1.31. The maximum Gasteiger partial charge on any atom is 0.178 e. The van der Waals surface area contributed by atoms with Gasteiger partial charge in [0.15, 0.2) is 6.34 Å². The van der Waals surface area contributed by atoms with E-state index >= 15 is 0 Å². The van der Waals surface area contributed by atoms with Crippen LogP contribution in [0.2, 0.25) is 0 Å². The molecule has 0 aromatic rings. The molecule has 1 N–H and O–H groups in total. The van der Waals surface area contributed by atoms with Gasteiger partial charge >= 0.3 is 0 Å². The van der Waals surface area contributed by atoms with E-state index in [-0.39, 0.29) is 0 Å². The molecule has 0 saturated carbocycles. The Labute approximate surface area is 34.8 Å². The summed E-state index contributed by atoms with van der Waals surface area (Å²) in [6.45, 7) is 0. The van der Waals surface area contributed by atoms with Crippen LogP contribution in [0.4, 0.5) is 0 Å². The van der Waals surface area contributed by atoms with E-state index in [2.05, 4.69) is 16.1 Å². The van der Waals surface area contributed by atoms with E-state index in [0.717, 1.165) is 0 Å². The number of nitrogens with one attached hydrogen (secondary N) is 1. The fourth-order valence-electron chi connectivity index (χ4n) is 0.132. The monoisotopic (exact) mass is 86.0 g/mol. The Balaban J connectivity index is 2.32. The van der Waals surface area contributed by atoms with Crippen LogP contribution < -0.4 is 5.32 Å². The lowest BCUT2D eigenvalue weighted by atomic mass is 11.2. The Morgan fingerprint density at radius 1 is 2.00 bits per heavy atom. The van der Waals surface area contributed by atoms with Gasteiger partial charge in [0.2, 0.25) is 0 Å². The van der Waals surface area contributed by atoms with Crippen LogP contribution in [0.25, 0.3) is 0 Å². The molecule has 0 aliphatic carbocycles. The third-order valence-corrected chi connectivity index (χ3v) is 0.694. The van der Waals surface area contributed by atoms with Crippen molar-refractivity contribution in [3.05, 3.63) is 5.88 Å². The van der Waals surface area contributed by atoms with E-state index < -0.39 is 0 Å². The maximum atomic E-state index is 3.58. The van der Waals surface area contributed by atoms with Crippen molar-refractivity contribution in [2.75, 3.05) is 0 Å². The summed E-state index contributed by atoms with van der Waals surface area (Å²) in [4.78, 5) is 0. The molecule has 2 nitrogen and oxygen atoms in total. The van der Waals surface area contributed by atoms with Crippen molar-refractivity contribution in [2.24, 2.45) is 4.40 Å². The van der Waals surface area contributed by atoms with Crippen molar-refractivity contribution in [1.82, 2.24) is 5.32 Å². The lowest BCUT2D eigenvalue weighted by Crippen LogP contribution is -1.94. The van der Waals surface area contributed by atoms with E-state index in [9.17, 15) is 0 Å². The molecule has 0 fully saturated rings. The molecule has 0 unspecified atom stereocenters. The zero-order valence-corrected chi connectivity index (χ0v) is 3.25. The first-order valence-corrected chi connectivity index (χ1v) is 2.02. The predicted octanol–water partition coefficient (Wildman–Crippen LogP) is 0.262. The van der Waals surface area contributed by atoms with E-state index in [0.29, 0.717) is 0 Å². The Kier molecular flexibility index (Phi) is 0.792. The lowest BCUT2D eigenvalue weighted by Gasteiger charge is -1.70. The maximum absolute atomic E-state index is 3.58. The van der Waals surface area contributed by atoms with Crippen LogP contribution in [0.1, 0.15) is 0 Å². The lowest BCUT2D eigenvalue weighted by molar-refractivity contribution is 1.32. The van der Waals surface area contributed by atoms with Gasteiger partial charge in [-0.25, -0.2) is 0 Å². The van der Waals surface area contributed by atoms with Crippen LogP contribution in [-0.4, -0.2) is 6.34 Å². The van der Waals surface area contributed by atoms with E-state index in [1.807, 2.05) is 0 Å². The average molecular weight is 86.1 g/mol. The van der Waals surface area contributed by atoms with Crippen LogP contribution >= 0.6 is 11.9 Å². The van der Waals surface area contributed by atoms with Crippen molar-refractivity contribution in [1.29, 1.82) is 0 Å². The standard InChI is InChI=1S/C2H2N2S/c1-3-2-5-4-1/h2H,(H,3,4). The Morgan fingerprint density at radius 2 is 3.00 bits per heavy atom. The summed E-state index contributed by atoms with van der Waals surface area (Å²) in [6, 6.07) is 0. The van der Waals surface area contributed by atoms with Gasteiger partial charge in [-0.15, -0.1) is 0 Å². The molecule has 0 aromatic carbocycles. The fourth-order valence-corrected chi connectivity index (χ4v) is 0.395. The van der Waals surface area contributed by atoms with E-state index in [4.69, 9.17) is 0 Å². The first kappa shape index (κ1) is 3.03. The van der Waals surface area contributed by atoms with Crippen molar-refractivity contribution < 1.29 is 0 Å². The summed E-state index contributed by atoms with van der Waals surface area (Å²) in [5.41, 5.74) is 0. The first-order chi connectivity index (χ1) is 2.50. The highest BCUT2D eigenvalue weighted by molar-refractivity contribution is 8.00. The largest absolute Gasteiger partial charge is 0.350 e. The highest BCUT2D eigenvalue weighted by atomic mass is 32.2. The van der Waals surface area contributed by atoms with Crippen LogP contribution in [0.5, 0.6) is 0 Å². The molecule has 0 spiro atoms. The molecule has 26 valence electrons. The Hall–Kier alpha value is -0.180. The summed E-state index contributed by atoms with van der Waals surface area (Å²) in [7, 11) is 0. The molecule has 0 aromatic heterocycles. The molecule has 2 radical (unpaired) electrons. The zero-order chi connectivity index (χ0) is 3.54. The van der Waals surface area contributed by atoms with E-state index in [1.54, 1.807) is 5.88 Å². The van der Waals surface area contributed by atoms with Crippen LogP contribution in [0.3, 0.4) is 0 Å². The molecule has 1 heterocycles. The van der Waals surface area contributed by atoms with Crippen molar-refractivity contribution in [3.8, 4) is 0 Å². The van der Waals surface area contributed by atoms with Crippen molar-refractivity contribution in [2.45, 2.75) is 0 Å². The first-order valence-electron chi connectivity index (χ1n) is 1.18. The molecule has 1 rings (SSSR count). The van der Waals surface area contributed by atoms with Gasteiger partial charge in [-0.05, 0) is 0 Å². The minimum atomic E-state index is 1.35. The van der Waals surface area contributed by atoms with Gasteiger partial charge in [-0.2, -0.15) is 4.40 Å². The minimum absolute atomic E-state index is 1.35. The average Bonchev–Trinajstić information content (AvgIpc) is 1.76. The smallest absolute Gasteiger partial charge is 0.178 e. The van der Waals surface area contributed by atoms with E-state index in [1.165, 1.54) is 11.9 Å². The molecule has 0 bridgehead atoms. The normalized spacial score (nSPS) is 19.2. The molecule has 1 aliphatic rings. The van der Waals surface area contributed by atoms with Gasteiger partial charge in [-0.1, -0.05) is 0 Å². The summed E-state index contributed by atoms with van der Waals surface area (Å²) in [5, 5.41) is 2.64. The third kappa shape index (κ3) is 0.545. The van der Waals surface area contributed by atoms with Gasteiger partial charge in [-0.3, -0.25) is 0 Å². The van der Waals surface area contributed by atoms with Crippen LogP contribution in [0, 0.1) is 5.88 Å². The quantitative estimate of drug-likeness (QED) is 0.428. The van der Waals surface area contributed by atoms with Gasteiger partial charge in [0.05, 0.1) is 0 Å². The van der Waals surface area contributed by atoms with Crippen molar-refractivity contribution in [3.63, 3.8) is 0 Å². The van der Waals surface area contributed by atoms with Crippen LogP contribution in [0.15, 0.2) is 4.40 Å². The summed E-state index contributed by atoms with van der Waals surface area (Å²) < 4.78 is 3.58. The number of hydrogen-bond donors (Lipinski definition) is 1. The molecule has 0 saturated heterocycles. The second-order valence-corrected chi connectivity index (χ2v) is 1.20. The number of hydrogen-bond acceptors (Lipinski definition) is 3. The summed E-state index contributed by atoms with van der Waals surface area (Å²) in [5.74, 6) is 1.75. The fraction of sp³-hybridized carbons (Fsp3) is 0. The number of nitrogens with zero attached hydrogens (tertiary/aromatic N) is 1. The SMILES string of the molecule is [C]1=NS[CH]N1. The minimum Gasteiger partial charge on any atom is -0.350 e.